The van der Waals surface area contributed by atoms with Gasteiger partial charge < -0.3 is 47.0 Å². The van der Waals surface area contributed by atoms with Gasteiger partial charge in [0.2, 0.25) is 0 Å². The normalized spacial score (nSPS) is 15.4. The molecule has 2 fully saturated rings. The molecule has 65 heavy (non-hydrogen) atoms. The molecule has 0 N–H and O–H groups in total. The lowest BCUT2D eigenvalue weighted by Crippen LogP contribution is -2.50. The largest absolute Gasteiger partial charge is 0.466 e. The van der Waals surface area contributed by atoms with Gasteiger partial charge in [0.1, 0.15) is 24.7 Å². The van der Waals surface area contributed by atoms with Gasteiger partial charge in [-0.15, -0.1) is 0 Å². The molecule has 15 nitrogen and oxygen atoms in total. The molecule has 0 unspecified atom stereocenters. The van der Waals surface area contributed by atoms with Gasteiger partial charge in [-0.3, -0.25) is 24.2 Å². The summed E-state index contributed by atoms with van der Waals surface area (Å²) in [5, 5.41) is 0. The van der Waals surface area contributed by atoms with Crippen LogP contribution in [-0.2, 0) is 42.8 Å². The second-order valence-electron chi connectivity index (χ2n) is 19.6. The van der Waals surface area contributed by atoms with Gasteiger partial charge in [-0.1, -0.05) is 58.9 Å². The Morgan fingerprint density at radius 2 is 0.862 bits per heavy atom. The predicted octanol–water partition coefficient (Wildman–Crippen LogP) is 5.99. The maximum Gasteiger partial charge on any atom is 0.307 e. The van der Waals surface area contributed by atoms with Crippen molar-refractivity contribution >= 4 is 54.4 Å². The van der Waals surface area contributed by atoms with Gasteiger partial charge >= 0.3 is 17.9 Å². The van der Waals surface area contributed by atoms with E-state index in [1.165, 1.54) is 37.6 Å². The number of hydrogen-bond donors (Lipinski definition) is 0. The number of esters is 3. The van der Waals surface area contributed by atoms with Crippen LogP contribution in [-0.4, -0.2) is 241 Å². The van der Waals surface area contributed by atoms with E-state index < -0.39 is 24.7 Å². The molecule has 2 heterocycles. The third kappa shape index (κ3) is 34.9. The number of rotatable bonds is 32. The van der Waals surface area contributed by atoms with Crippen LogP contribution in [0.3, 0.4) is 0 Å². The molecule has 0 bridgehead atoms. The minimum absolute atomic E-state index is 0.0613. The van der Waals surface area contributed by atoms with Gasteiger partial charge in [-0.2, -0.15) is 11.8 Å². The maximum absolute atomic E-state index is 11.6. The highest BCUT2D eigenvalue weighted by Gasteiger charge is 2.27. The summed E-state index contributed by atoms with van der Waals surface area (Å²) in [5.41, 5.74) is 0. The zero-order chi connectivity index (χ0) is 49.2. The van der Waals surface area contributed by atoms with Crippen molar-refractivity contribution in [1.82, 2.24) is 28.4 Å². The molecular formula is C46H100N6O9SSi3. The average molecular weight is 998 g/mol. The first-order valence-electron chi connectivity index (χ1n) is 24.7. The Kier molecular flexibility index (Phi) is 37.3. The third-order valence-corrected chi connectivity index (χ3v) is 19.4. The molecule has 2 rings (SSSR count). The molecule has 0 aliphatic carbocycles. The summed E-state index contributed by atoms with van der Waals surface area (Å²) in [4.78, 5) is 42.1. The van der Waals surface area contributed by atoms with Gasteiger partial charge in [0.15, 0.2) is 0 Å². The van der Waals surface area contributed by atoms with E-state index in [-0.39, 0.29) is 17.9 Å². The topological polar surface area (TPSA) is 126 Å². The summed E-state index contributed by atoms with van der Waals surface area (Å²) in [5.74, 6) is 2.32. The molecule has 0 aromatic heterocycles. The smallest absolute Gasteiger partial charge is 0.307 e. The molecule has 0 radical (unpaired) electrons. The zero-order valence-electron chi connectivity index (χ0n) is 44.3. The molecular weight excluding hydrogens is 897 g/mol. The molecule has 386 valence electrons. The lowest BCUT2D eigenvalue weighted by molar-refractivity contribution is -0.144. The highest BCUT2D eigenvalue weighted by molar-refractivity contribution is 7.99. The first kappa shape index (κ1) is 64.1. The van der Waals surface area contributed by atoms with Crippen LogP contribution < -0.4 is 0 Å². The molecule has 0 spiro atoms. The van der Waals surface area contributed by atoms with Gasteiger partial charge in [0.05, 0.1) is 65.5 Å². The SMILES string of the molecule is CCOC(=O)CCN(CCCN1CCOCC1)[Si](C)(C)C.CCOC(=O)CCN(CCCN1CCSCC1)[Si](C)(C)C.CCOC(=O)CCN(CCN(CCOC)CCOC)[Si](C)(C)C. The van der Waals surface area contributed by atoms with Crippen molar-refractivity contribution in [3.8, 4) is 0 Å². The van der Waals surface area contributed by atoms with Crippen LogP contribution >= 0.6 is 11.8 Å². The number of methoxy groups -OCH3 is 2. The van der Waals surface area contributed by atoms with Crippen molar-refractivity contribution in [1.29, 1.82) is 0 Å². The summed E-state index contributed by atoms with van der Waals surface area (Å²) in [6, 6.07) is 0. The molecule has 2 aliphatic rings. The van der Waals surface area contributed by atoms with E-state index in [0.717, 1.165) is 111 Å². The second-order valence-corrected chi connectivity index (χ2v) is 35.7. The van der Waals surface area contributed by atoms with Gasteiger partial charge in [-0.05, 0) is 59.8 Å². The predicted molar refractivity (Wildman–Crippen MR) is 279 cm³/mol. The summed E-state index contributed by atoms with van der Waals surface area (Å²) in [6.07, 6.45) is 3.87. The molecule has 0 saturated carbocycles. The van der Waals surface area contributed by atoms with Crippen LogP contribution in [0.4, 0.5) is 0 Å². The van der Waals surface area contributed by atoms with E-state index in [1.54, 1.807) is 14.2 Å². The minimum Gasteiger partial charge on any atom is -0.466 e. The fraction of sp³-hybridized carbons (Fsp3) is 0.935. The van der Waals surface area contributed by atoms with Crippen LogP contribution in [0.2, 0.25) is 58.9 Å². The second kappa shape index (κ2) is 37.9. The van der Waals surface area contributed by atoms with Crippen molar-refractivity contribution < 1.29 is 42.8 Å². The van der Waals surface area contributed by atoms with Crippen LogP contribution in [0.15, 0.2) is 0 Å². The summed E-state index contributed by atoms with van der Waals surface area (Å²) < 4.78 is 38.4. The van der Waals surface area contributed by atoms with E-state index in [9.17, 15) is 14.4 Å². The standard InChI is InChI=1S/C16H36N2O4Si.C15H32N2O3Si.C15H32N2O2SSi/c1-7-22-16(19)8-9-18(23(4,5)6)11-10-17(12-14-20-2)13-15-21-3;1-5-20-15(18)7-10-17(21(2,3)4)9-6-8-16-11-13-19-14-12-16;1-5-19-15(18)7-10-17(21(2,3)4)9-6-8-16-11-13-20-14-12-16/h7-15H2,1-6H3;2*5-14H2,1-4H3. The molecule has 19 heteroatoms. The third-order valence-electron chi connectivity index (χ3n) is 11.4. The highest BCUT2D eigenvalue weighted by atomic mass is 32.2. The molecule has 0 atom stereocenters. The number of morpholine rings is 1. The molecule has 0 aromatic carbocycles. The Morgan fingerprint density at radius 1 is 0.508 bits per heavy atom. The van der Waals surface area contributed by atoms with E-state index in [4.69, 9.17) is 28.4 Å². The maximum atomic E-state index is 11.6. The first-order chi connectivity index (χ1) is 30.7. The Bertz CT molecular complexity index is 1140. The molecule has 2 aliphatic heterocycles. The average Bonchev–Trinajstić information content (AvgIpc) is 3.24. The van der Waals surface area contributed by atoms with Crippen molar-refractivity contribution in [2.24, 2.45) is 0 Å². The van der Waals surface area contributed by atoms with E-state index in [1.807, 2.05) is 20.8 Å². The van der Waals surface area contributed by atoms with Crippen LogP contribution in [0.5, 0.6) is 0 Å². The van der Waals surface area contributed by atoms with E-state index in [0.29, 0.717) is 39.1 Å². The fourth-order valence-electron chi connectivity index (χ4n) is 7.38. The number of nitrogens with zero attached hydrogens (tertiary/aromatic N) is 6. The number of carbonyl (C=O) groups excluding carboxylic acids is 3. The lowest BCUT2D eigenvalue weighted by atomic mass is 10.3. The summed E-state index contributed by atoms with van der Waals surface area (Å²) >= 11 is 2.06. The number of thioether (sulfide) groups is 1. The van der Waals surface area contributed by atoms with Gasteiger partial charge in [-0.25, -0.2) is 0 Å². The molecule has 2 saturated heterocycles. The summed E-state index contributed by atoms with van der Waals surface area (Å²) in [6.45, 7) is 46.4. The van der Waals surface area contributed by atoms with E-state index in [2.05, 4.69) is 99.1 Å². The highest BCUT2D eigenvalue weighted by Crippen LogP contribution is 2.15. The molecule has 0 aromatic rings. The Labute approximate surface area is 405 Å². The van der Waals surface area contributed by atoms with E-state index >= 15 is 0 Å². The van der Waals surface area contributed by atoms with Crippen molar-refractivity contribution in [3.05, 3.63) is 0 Å². The number of hydrogen-bond acceptors (Lipinski definition) is 16. The number of ether oxygens (including phenoxy) is 6. The Balaban J connectivity index is 0.000000946. The van der Waals surface area contributed by atoms with Crippen LogP contribution in [0.1, 0.15) is 52.9 Å². The van der Waals surface area contributed by atoms with Crippen molar-refractivity contribution in [2.45, 2.75) is 112 Å². The van der Waals surface area contributed by atoms with Crippen molar-refractivity contribution in [3.63, 3.8) is 0 Å². The quantitative estimate of drug-likeness (QED) is 0.0445. The van der Waals surface area contributed by atoms with Crippen molar-refractivity contribution in [2.75, 3.05) is 170 Å². The Morgan fingerprint density at radius 3 is 1.20 bits per heavy atom. The van der Waals surface area contributed by atoms with Crippen LogP contribution in [0, 0.1) is 0 Å². The fourth-order valence-corrected chi connectivity index (χ4v) is 13.1. The first-order valence-corrected chi connectivity index (χ1v) is 36.2. The summed E-state index contributed by atoms with van der Waals surface area (Å²) in [7, 11) is -0.762. The molecule has 0 amide bonds. The zero-order valence-corrected chi connectivity index (χ0v) is 48.1. The Hall–Kier alpha value is -0.949. The van der Waals surface area contributed by atoms with Gasteiger partial charge in [0.25, 0.3) is 0 Å². The monoisotopic (exact) mass is 997 g/mol. The lowest BCUT2D eigenvalue weighted by Gasteiger charge is -2.35. The van der Waals surface area contributed by atoms with Crippen LogP contribution in [0.25, 0.3) is 0 Å². The minimum atomic E-state index is -1.47. The number of carbonyl (C=O) groups is 3. The van der Waals surface area contributed by atoms with Gasteiger partial charge in [0, 0.05) is 97.7 Å².